The van der Waals surface area contributed by atoms with E-state index >= 15 is 0 Å². The van der Waals surface area contributed by atoms with E-state index in [1.807, 2.05) is 29.2 Å². The van der Waals surface area contributed by atoms with E-state index in [0.29, 0.717) is 26.1 Å². The number of guanidine groups is 1. The molecular formula is C44H62ClN9O12. The van der Waals surface area contributed by atoms with E-state index < -0.39 is 72.9 Å². The Morgan fingerprint density at radius 1 is 0.773 bits per heavy atom. The van der Waals surface area contributed by atoms with Crippen molar-refractivity contribution in [1.29, 1.82) is 0 Å². The molecule has 66 heavy (non-hydrogen) atoms. The van der Waals surface area contributed by atoms with Crippen LogP contribution in [0.25, 0.3) is 11.1 Å². The Bertz CT molecular complexity index is 2100. The molecular weight excluding hydrogens is 882 g/mol. The number of aliphatic hydroxyl groups excluding tert-OH is 6. The molecule has 2 aliphatic rings. The molecule has 0 saturated carbocycles. The van der Waals surface area contributed by atoms with Crippen molar-refractivity contribution in [2.24, 2.45) is 10.7 Å². The average Bonchev–Trinajstić information content (AvgIpc) is 3.30. The standard InChI is InChI=1S/C44H62ClN9O12/c1-23-32(56)35(59)33(57)28(65-23)16-20-54(21-17-29-34(58)36(60)37(61)38(66-29)43(63)64-2)22-19-49-30(55)15-10-25-8-13-27(14-9-25)26-11-6-24(7-12-26)5-3-4-18-50-44(48)53-42(62)31-40(46)52-41(47)39(45)51-31/h6-9,11-14,23,28-29,32-38,56-61H,3-5,10,15-22H2,1-2H3,(H,49,55)(H4,46,47,52)(H3,48,50,53,62)/t23-,28-,29-,32-,33+,34+,35+,36-,37+,38+/m1/s1. The van der Waals surface area contributed by atoms with Gasteiger partial charge in [-0.2, -0.15) is 0 Å². The van der Waals surface area contributed by atoms with Crippen LogP contribution in [0.5, 0.6) is 0 Å². The molecule has 2 aromatic carbocycles. The predicted octanol–water partition coefficient (Wildman–Crippen LogP) is -0.947. The van der Waals surface area contributed by atoms with Crippen molar-refractivity contribution in [3.05, 3.63) is 70.5 Å². The van der Waals surface area contributed by atoms with Crippen LogP contribution in [0.3, 0.4) is 0 Å². The molecule has 3 aromatic rings. The van der Waals surface area contributed by atoms with Crippen molar-refractivity contribution in [3.63, 3.8) is 0 Å². The quantitative estimate of drug-likeness (QED) is 0.0282. The number of hydrogen-bond donors (Lipinski definition) is 11. The van der Waals surface area contributed by atoms with E-state index in [0.717, 1.165) is 48.6 Å². The molecule has 5 rings (SSSR count). The number of aryl methyl sites for hydroxylation is 2. The second kappa shape index (κ2) is 24.6. The van der Waals surface area contributed by atoms with Gasteiger partial charge >= 0.3 is 5.97 Å². The zero-order valence-corrected chi connectivity index (χ0v) is 37.7. The Morgan fingerprint density at radius 2 is 1.35 bits per heavy atom. The van der Waals surface area contributed by atoms with Crippen LogP contribution in [0.1, 0.15) is 60.6 Å². The summed E-state index contributed by atoms with van der Waals surface area (Å²) < 4.78 is 16.1. The first-order chi connectivity index (χ1) is 31.5. The Morgan fingerprint density at radius 3 is 1.95 bits per heavy atom. The maximum atomic E-state index is 12.9. The number of aliphatic hydroxyl groups is 6. The van der Waals surface area contributed by atoms with Gasteiger partial charge in [0.05, 0.1) is 25.4 Å². The van der Waals surface area contributed by atoms with Gasteiger partial charge in [0, 0.05) is 39.1 Å². The zero-order chi connectivity index (χ0) is 48.1. The highest BCUT2D eigenvalue weighted by Gasteiger charge is 2.47. The number of nitrogen functional groups attached to an aromatic ring is 2. The first-order valence-electron chi connectivity index (χ1n) is 21.8. The van der Waals surface area contributed by atoms with Crippen LogP contribution in [-0.2, 0) is 36.6 Å². The molecule has 3 heterocycles. The molecule has 0 bridgehead atoms. The number of nitrogens with zero attached hydrogens (tertiary/aromatic N) is 4. The number of nitrogens with one attached hydrogen (secondary N) is 2. The number of esters is 1. The summed E-state index contributed by atoms with van der Waals surface area (Å²) >= 11 is 5.84. The number of nitrogens with two attached hydrogens (primary N) is 3. The highest BCUT2D eigenvalue weighted by atomic mass is 35.5. The Labute approximate surface area is 387 Å². The monoisotopic (exact) mass is 943 g/mol. The maximum Gasteiger partial charge on any atom is 0.337 e. The van der Waals surface area contributed by atoms with Gasteiger partial charge in [-0.3, -0.25) is 19.9 Å². The number of halogens is 1. The summed E-state index contributed by atoms with van der Waals surface area (Å²) in [4.78, 5) is 51.3. The van der Waals surface area contributed by atoms with Gasteiger partial charge in [-0.15, -0.1) is 0 Å². The number of aliphatic imine (C=N–C) groups is 1. The summed E-state index contributed by atoms with van der Waals surface area (Å²) in [5, 5.41) is 67.5. The van der Waals surface area contributed by atoms with Crippen molar-refractivity contribution in [2.75, 3.05) is 51.3 Å². The molecule has 0 radical (unpaired) electrons. The average molecular weight is 944 g/mol. The molecule has 362 valence electrons. The second-order valence-electron chi connectivity index (χ2n) is 16.4. The molecule has 22 heteroatoms. The number of unbranched alkanes of at least 4 members (excludes halogenated alkanes) is 1. The number of amides is 2. The molecule has 21 nitrogen and oxygen atoms in total. The first kappa shape index (κ1) is 51.9. The molecule has 2 fully saturated rings. The third-order valence-electron chi connectivity index (χ3n) is 11.7. The van der Waals surface area contributed by atoms with Crippen molar-refractivity contribution in [1.82, 2.24) is 25.5 Å². The van der Waals surface area contributed by atoms with E-state index in [-0.39, 0.29) is 66.7 Å². The molecule has 10 atom stereocenters. The predicted molar refractivity (Wildman–Crippen MR) is 243 cm³/mol. The Balaban J connectivity index is 1.05. The summed E-state index contributed by atoms with van der Waals surface area (Å²) in [5.41, 5.74) is 21.1. The highest BCUT2D eigenvalue weighted by Crippen LogP contribution is 2.27. The summed E-state index contributed by atoms with van der Waals surface area (Å²) in [6.07, 6.45) is -9.33. The van der Waals surface area contributed by atoms with Gasteiger partial charge in [-0.25, -0.2) is 14.8 Å². The Hall–Kier alpha value is -5.07. The summed E-state index contributed by atoms with van der Waals surface area (Å²) in [7, 11) is 1.12. The minimum absolute atomic E-state index is 0.0829. The normalized spacial score (nSPS) is 25.6. The second-order valence-corrected chi connectivity index (χ2v) is 16.8. The third kappa shape index (κ3) is 14.2. The van der Waals surface area contributed by atoms with Crippen LogP contribution < -0.4 is 27.8 Å². The number of carbonyl (C=O) groups excluding carboxylic acids is 3. The van der Waals surface area contributed by atoms with E-state index in [1.54, 1.807) is 6.92 Å². The van der Waals surface area contributed by atoms with Crippen molar-refractivity contribution in [2.45, 2.75) is 113 Å². The lowest BCUT2D eigenvalue weighted by Crippen LogP contribution is -2.60. The molecule has 2 saturated heterocycles. The summed E-state index contributed by atoms with van der Waals surface area (Å²) in [5.74, 6) is -2.11. The largest absolute Gasteiger partial charge is 0.467 e. The SMILES string of the molecule is COC(=O)[C@H]1O[C@H](CCN(CCNC(=O)CCc2ccc(-c3ccc(CCCCN=C(N)NC(=O)c4nc(Cl)c(N)nc4N)cc3)cc2)CC[C@H]2O[C@H](C)[C@@H](O)[C@H](O)[C@H]2O)[C@H](O)[C@@H](O)[C@@H]1O. The lowest BCUT2D eigenvalue weighted by Gasteiger charge is -2.41. The molecule has 0 aliphatic carbocycles. The minimum atomic E-state index is -1.68. The van der Waals surface area contributed by atoms with Gasteiger partial charge in [-0.1, -0.05) is 60.1 Å². The zero-order valence-electron chi connectivity index (χ0n) is 36.9. The van der Waals surface area contributed by atoms with E-state index in [1.165, 1.54) is 0 Å². The van der Waals surface area contributed by atoms with Crippen LogP contribution in [0, 0.1) is 0 Å². The fourth-order valence-corrected chi connectivity index (χ4v) is 7.85. The topological polar surface area (TPSA) is 344 Å². The molecule has 0 spiro atoms. The van der Waals surface area contributed by atoms with Gasteiger partial charge in [-0.05, 0) is 67.7 Å². The van der Waals surface area contributed by atoms with Gasteiger partial charge in [0.15, 0.2) is 34.5 Å². The number of methoxy groups -OCH3 is 1. The third-order valence-corrected chi connectivity index (χ3v) is 12.0. The van der Waals surface area contributed by atoms with Crippen molar-refractivity contribution < 1.29 is 59.2 Å². The lowest BCUT2D eigenvalue weighted by molar-refractivity contribution is -0.230. The van der Waals surface area contributed by atoms with E-state index in [9.17, 15) is 45.0 Å². The van der Waals surface area contributed by atoms with Gasteiger partial charge in [0.2, 0.25) is 5.91 Å². The maximum absolute atomic E-state index is 12.9. The van der Waals surface area contributed by atoms with Gasteiger partial charge in [0.1, 0.15) is 36.6 Å². The summed E-state index contributed by atoms with van der Waals surface area (Å²) in [6, 6.07) is 16.3. The fourth-order valence-electron chi connectivity index (χ4n) is 7.72. The van der Waals surface area contributed by atoms with Gasteiger partial charge < -0.3 is 72.3 Å². The van der Waals surface area contributed by atoms with E-state index in [2.05, 4.69) is 54.6 Å². The smallest absolute Gasteiger partial charge is 0.337 e. The molecule has 1 aromatic heterocycles. The number of anilines is 2. The van der Waals surface area contributed by atoms with E-state index in [4.69, 9.17) is 38.3 Å². The Kier molecular flexibility index (Phi) is 19.4. The van der Waals surface area contributed by atoms with Crippen LogP contribution in [0.2, 0.25) is 5.15 Å². The van der Waals surface area contributed by atoms with Crippen molar-refractivity contribution >= 4 is 47.0 Å². The number of carbonyl (C=O) groups is 3. The summed E-state index contributed by atoms with van der Waals surface area (Å²) in [6.45, 7) is 3.13. The lowest BCUT2D eigenvalue weighted by atomic mass is 9.93. The highest BCUT2D eigenvalue weighted by molar-refractivity contribution is 6.31. The molecule has 2 aliphatic heterocycles. The number of rotatable bonds is 20. The number of hydrogen-bond acceptors (Lipinski definition) is 18. The number of benzene rings is 2. The van der Waals surface area contributed by atoms with Crippen molar-refractivity contribution in [3.8, 4) is 11.1 Å². The van der Waals surface area contributed by atoms with Crippen LogP contribution in [-0.4, -0.2) is 170 Å². The number of ether oxygens (including phenoxy) is 3. The molecule has 0 unspecified atom stereocenters. The van der Waals surface area contributed by atoms with Crippen LogP contribution in [0.15, 0.2) is 53.5 Å². The number of aromatic nitrogens is 2. The molecule has 14 N–H and O–H groups in total. The fraction of sp³-hybridized carbons (Fsp3) is 0.545. The van der Waals surface area contributed by atoms with Crippen LogP contribution >= 0.6 is 11.6 Å². The molecule has 2 amide bonds. The first-order valence-corrected chi connectivity index (χ1v) is 22.2. The van der Waals surface area contributed by atoms with Gasteiger partial charge in [0.25, 0.3) is 5.91 Å². The minimum Gasteiger partial charge on any atom is -0.467 e. The van der Waals surface area contributed by atoms with Crippen LogP contribution in [0.4, 0.5) is 11.6 Å².